The molecule has 18 heavy (non-hydrogen) atoms. The highest BCUT2D eigenvalue weighted by atomic mass is 16.3. The summed E-state index contributed by atoms with van der Waals surface area (Å²) in [6, 6.07) is 12.2. The highest BCUT2D eigenvalue weighted by Gasteiger charge is 2.13. The summed E-state index contributed by atoms with van der Waals surface area (Å²) in [6.45, 7) is 0. The fourth-order valence-electron chi connectivity index (χ4n) is 2.65. The Kier molecular flexibility index (Phi) is 3.01. The summed E-state index contributed by atoms with van der Waals surface area (Å²) in [5, 5.41) is 12.2. The first-order valence-corrected chi connectivity index (χ1v) is 6.58. The number of nitrogens with zero attached hydrogens (tertiary/aromatic N) is 1. The number of hydrogen-bond acceptors (Lipinski definition) is 2. The van der Waals surface area contributed by atoms with Crippen molar-refractivity contribution in [3.05, 3.63) is 42.0 Å². The van der Waals surface area contributed by atoms with Crippen molar-refractivity contribution in [1.82, 2.24) is 0 Å². The minimum Gasteiger partial charge on any atom is -0.507 e. The van der Waals surface area contributed by atoms with Gasteiger partial charge in [-0.3, -0.25) is 4.99 Å². The molecule has 0 spiro atoms. The van der Waals surface area contributed by atoms with Crippen LogP contribution in [0.4, 0.5) is 0 Å². The Labute approximate surface area is 107 Å². The van der Waals surface area contributed by atoms with Gasteiger partial charge in [-0.1, -0.05) is 43.2 Å². The predicted molar refractivity (Wildman–Crippen MR) is 75.5 cm³/mol. The third-order valence-electron chi connectivity index (χ3n) is 3.69. The van der Waals surface area contributed by atoms with Crippen molar-refractivity contribution in [3.63, 3.8) is 0 Å². The topological polar surface area (TPSA) is 32.6 Å². The normalized spacial score (nSPS) is 16.9. The first kappa shape index (κ1) is 11.3. The van der Waals surface area contributed by atoms with Gasteiger partial charge in [0.15, 0.2) is 0 Å². The molecule has 0 radical (unpaired) electrons. The van der Waals surface area contributed by atoms with E-state index >= 15 is 0 Å². The Bertz CT molecular complexity index is 583. The largest absolute Gasteiger partial charge is 0.507 e. The molecule has 1 saturated carbocycles. The molecule has 0 amide bonds. The number of phenols is 1. The molecule has 2 nitrogen and oxygen atoms in total. The van der Waals surface area contributed by atoms with E-state index in [1.807, 2.05) is 30.5 Å². The van der Waals surface area contributed by atoms with E-state index in [0.29, 0.717) is 11.8 Å². The summed E-state index contributed by atoms with van der Waals surface area (Å²) in [4.78, 5) is 4.62. The van der Waals surface area contributed by atoms with Crippen LogP contribution in [0, 0.1) is 0 Å². The maximum Gasteiger partial charge on any atom is 0.124 e. The summed E-state index contributed by atoms with van der Waals surface area (Å²) in [5.41, 5.74) is 0.847. The van der Waals surface area contributed by atoms with Gasteiger partial charge in [-0.05, 0) is 29.7 Å². The van der Waals surface area contributed by atoms with Crippen LogP contribution in [0.25, 0.3) is 10.8 Å². The van der Waals surface area contributed by atoms with E-state index in [0.717, 1.165) is 16.3 Å². The van der Waals surface area contributed by atoms with Gasteiger partial charge in [0.1, 0.15) is 5.75 Å². The lowest BCUT2D eigenvalue weighted by atomic mass is 10.0. The molecular weight excluding hydrogens is 222 g/mol. The quantitative estimate of drug-likeness (QED) is 0.792. The molecule has 2 aromatic rings. The van der Waals surface area contributed by atoms with Crippen molar-refractivity contribution < 1.29 is 5.11 Å². The Morgan fingerprint density at radius 3 is 2.67 bits per heavy atom. The molecule has 0 unspecified atom stereocenters. The SMILES string of the molecule is Oc1ccc2ccccc2c1C=NC1CCCC1. The second-order valence-corrected chi connectivity index (χ2v) is 4.94. The summed E-state index contributed by atoms with van der Waals surface area (Å²) >= 11 is 0. The summed E-state index contributed by atoms with van der Waals surface area (Å²) in [6.07, 6.45) is 6.78. The van der Waals surface area contributed by atoms with Gasteiger partial charge < -0.3 is 5.11 Å². The van der Waals surface area contributed by atoms with Crippen molar-refractivity contribution in [2.24, 2.45) is 4.99 Å². The van der Waals surface area contributed by atoms with E-state index < -0.39 is 0 Å². The molecule has 2 aromatic carbocycles. The number of aromatic hydroxyl groups is 1. The predicted octanol–water partition coefficient (Wildman–Crippen LogP) is 3.91. The molecule has 1 aliphatic rings. The minimum absolute atomic E-state index is 0.315. The number of hydrogen-bond donors (Lipinski definition) is 1. The van der Waals surface area contributed by atoms with Gasteiger partial charge in [0, 0.05) is 17.8 Å². The Morgan fingerprint density at radius 1 is 1.06 bits per heavy atom. The fourth-order valence-corrected chi connectivity index (χ4v) is 2.65. The first-order valence-electron chi connectivity index (χ1n) is 6.58. The van der Waals surface area contributed by atoms with Crippen LogP contribution < -0.4 is 0 Å². The number of rotatable bonds is 2. The zero-order chi connectivity index (χ0) is 12.4. The summed E-state index contributed by atoms with van der Waals surface area (Å²) in [5.74, 6) is 0.315. The first-order chi connectivity index (χ1) is 8.84. The van der Waals surface area contributed by atoms with Gasteiger partial charge in [-0.25, -0.2) is 0 Å². The highest BCUT2D eigenvalue weighted by Crippen LogP contribution is 2.26. The third kappa shape index (κ3) is 2.10. The van der Waals surface area contributed by atoms with E-state index in [4.69, 9.17) is 0 Å². The maximum atomic E-state index is 9.99. The molecule has 0 saturated heterocycles. The van der Waals surface area contributed by atoms with Crippen molar-refractivity contribution in [3.8, 4) is 5.75 Å². The zero-order valence-corrected chi connectivity index (χ0v) is 10.3. The Balaban J connectivity index is 2.01. The van der Waals surface area contributed by atoms with Gasteiger partial charge in [-0.2, -0.15) is 0 Å². The van der Waals surface area contributed by atoms with Crippen molar-refractivity contribution >= 4 is 17.0 Å². The second-order valence-electron chi connectivity index (χ2n) is 4.94. The van der Waals surface area contributed by atoms with Crippen molar-refractivity contribution in [2.75, 3.05) is 0 Å². The molecule has 0 aliphatic heterocycles. The van der Waals surface area contributed by atoms with Gasteiger partial charge in [0.2, 0.25) is 0 Å². The molecule has 1 aliphatic carbocycles. The van der Waals surface area contributed by atoms with E-state index in [-0.39, 0.29) is 0 Å². The van der Waals surface area contributed by atoms with E-state index in [1.54, 1.807) is 6.07 Å². The number of benzene rings is 2. The number of aliphatic imine (C=N–C) groups is 1. The second kappa shape index (κ2) is 4.81. The lowest BCUT2D eigenvalue weighted by Gasteiger charge is -2.06. The van der Waals surface area contributed by atoms with Crippen molar-refractivity contribution in [2.45, 2.75) is 31.7 Å². The van der Waals surface area contributed by atoms with Gasteiger partial charge >= 0.3 is 0 Å². The van der Waals surface area contributed by atoms with Crippen molar-refractivity contribution in [1.29, 1.82) is 0 Å². The van der Waals surface area contributed by atoms with Crippen LogP contribution in [0.2, 0.25) is 0 Å². The average Bonchev–Trinajstić information content (AvgIpc) is 2.91. The van der Waals surface area contributed by atoms with Crippen LogP contribution in [0.5, 0.6) is 5.75 Å². The number of phenolic OH excluding ortho intramolecular Hbond substituents is 1. The molecule has 1 N–H and O–H groups in total. The van der Waals surface area contributed by atoms with Crippen LogP contribution in [-0.4, -0.2) is 17.4 Å². The standard InChI is InChI=1S/C16H17NO/c18-16-10-9-12-5-1-4-8-14(12)15(16)11-17-13-6-2-3-7-13/h1,4-5,8-11,13,18H,2-3,6-7H2. The van der Waals surface area contributed by atoms with E-state index in [1.165, 1.54) is 25.7 Å². The van der Waals surface area contributed by atoms with Gasteiger partial charge in [-0.15, -0.1) is 0 Å². The highest BCUT2D eigenvalue weighted by molar-refractivity contribution is 6.02. The molecule has 0 bridgehead atoms. The third-order valence-corrected chi connectivity index (χ3v) is 3.69. The lowest BCUT2D eigenvalue weighted by molar-refractivity contribution is 0.475. The molecule has 0 heterocycles. The lowest BCUT2D eigenvalue weighted by Crippen LogP contribution is -1.97. The van der Waals surface area contributed by atoms with Crippen LogP contribution in [0.1, 0.15) is 31.2 Å². The molecule has 0 atom stereocenters. The molecule has 0 aromatic heterocycles. The van der Waals surface area contributed by atoms with E-state index in [2.05, 4.69) is 11.1 Å². The smallest absolute Gasteiger partial charge is 0.124 e. The number of fused-ring (bicyclic) bond motifs is 1. The van der Waals surface area contributed by atoms with Crippen LogP contribution in [0.15, 0.2) is 41.4 Å². The van der Waals surface area contributed by atoms with Crippen LogP contribution >= 0.6 is 0 Å². The monoisotopic (exact) mass is 239 g/mol. The molecule has 1 fully saturated rings. The molecular formula is C16H17NO. The Morgan fingerprint density at radius 2 is 1.83 bits per heavy atom. The van der Waals surface area contributed by atoms with Crippen LogP contribution in [-0.2, 0) is 0 Å². The fraction of sp³-hybridized carbons (Fsp3) is 0.312. The summed E-state index contributed by atoms with van der Waals surface area (Å²) in [7, 11) is 0. The maximum absolute atomic E-state index is 9.99. The van der Waals surface area contributed by atoms with Crippen LogP contribution in [0.3, 0.4) is 0 Å². The average molecular weight is 239 g/mol. The molecule has 3 rings (SSSR count). The minimum atomic E-state index is 0.315. The molecule has 92 valence electrons. The van der Waals surface area contributed by atoms with E-state index in [9.17, 15) is 5.11 Å². The summed E-state index contributed by atoms with van der Waals surface area (Å²) < 4.78 is 0. The van der Waals surface area contributed by atoms with Gasteiger partial charge in [0.05, 0.1) is 0 Å². The zero-order valence-electron chi connectivity index (χ0n) is 10.3. The Hall–Kier alpha value is -1.83. The van der Waals surface area contributed by atoms with Gasteiger partial charge in [0.25, 0.3) is 0 Å². The molecule has 2 heteroatoms.